The molecule has 1 N–H and O–H groups in total. The van der Waals surface area contributed by atoms with Crippen molar-refractivity contribution in [2.75, 3.05) is 11.4 Å². The lowest BCUT2D eigenvalue weighted by molar-refractivity contribution is -0.123. The Labute approximate surface area is 151 Å². The fraction of sp³-hybridized carbons (Fsp3) is 0.222. The van der Waals surface area contributed by atoms with Gasteiger partial charge in [0.15, 0.2) is 0 Å². The average molecular weight is 365 g/mol. The summed E-state index contributed by atoms with van der Waals surface area (Å²) in [6.45, 7) is 3.72. The lowest BCUT2D eigenvalue weighted by Crippen LogP contribution is -2.39. The van der Waals surface area contributed by atoms with Gasteiger partial charge in [0, 0.05) is 19.2 Å². The normalized spacial score (nSPS) is 10.3. The Morgan fingerprint density at radius 2 is 1.83 bits per heavy atom. The van der Waals surface area contributed by atoms with Crippen molar-refractivity contribution in [3.05, 3.63) is 63.6 Å². The van der Waals surface area contributed by atoms with E-state index >= 15 is 0 Å². The molecule has 0 heterocycles. The Morgan fingerprint density at radius 1 is 1.08 bits per heavy atom. The first-order chi connectivity index (χ1) is 11.4. The number of carbonyl (C=O) groups excluding carboxylic acids is 2. The molecule has 0 aromatic heterocycles. The van der Waals surface area contributed by atoms with E-state index in [-0.39, 0.29) is 18.4 Å². The Hall–Kier alpha value is -2.04. The molecule has 0 fully saturated rings. The second kappa shape index (κ2) is 8.18. The van der Waals surface area contributed by atoms with Crippen molar-refractivity contribution in [3.63, 3.8) is 0 Å². The summed E-state index contributed by atoms with van der Waals surface area (Å²) in [4.78, 5) is 25.4. The average Bonchev–Trinajstić information content (AvgIpc) is 2.53. The number of amides is 2. The van der Waals surface area contributed by atoms with Gasteiger partial charge in [-0.1, -0.05) is 53.0 Å². The molecule has 24 heavy (non-hydrogen) atoms. The van der Waals surface area contributed by atoms with Crippen molar-refractivity contribution in [2.24, 2.45) is 0 Å². The van der Waals surface area contributed by atoms with E-state index in [1.165, 1.54) is 11.8 Å². The minimum Gasteiger partial charge on any atom is -0.350 e. The molecule has 0 saturated heterocycles. The van der Waals surface area contributed by atoms with E-state index in [0.29, 0.717) is 22.3 Å². The third kappa shape index (κ3) is 4.98. The molecule has 0 atom stereocenters. The van der Waals surface area contributed by atoms with Gasteiger partial charge in [-0.25, -0.2) is 0 Å². The SMILES string of the molecule is CC(=O)N(CC(=O)NCc1cccc(C)c1)c1ccc(Cl)c(Cl)c1. The zero-order chi connectivity index (χ0) is 17.7. The highest BCUT2D eigenvalue weighted by Crippen LogP contribution is 2.27. The molecule has 6 heteroatoms. The number of anilines is 1. The standard InChI is InChI=1S/C18H18Cl2N2O2/c1-12-4-3-5-14(8-12)10-21-18(24)11-22(13(2)23)15-6-7-16(19)17(20)9-15/h3-9H,10-11H2,1-2H3,(H,21,24). The van der Waals surface area contributed by atoms with Crippen LogP contribution in [-0.4, -0.2) is 18.4 Å². The summed E-state index contributed by atoms with van der Waals surface area (Å²) in [5, 5.41) is 3.55. The van der Waals surface area contributed by atoms with E-state index in [2.05, 4.69) is 5.32 Å². The van der Waals surface area contributed by atoms with Gasteiger partial charge in [0.25, 0.3) is 0 Å². The molecule has 126 valence electrons. The number of nitrogens with zero attached hydrogens (tertiary/aromatic N) is 1. The Bertz CT molecular complexity index is 762. The molecular weight excluding hydrogens is 347 g/mol. The van der Waals surface area contributed by atoms with Crippen LogP contribution in [0.3, 0.4) is 0 Å². The van der Waals surface area contributed by atoms with Crippen LogP contribution in [0.25, 0.3) is 0 Å². The molecule has 0 aliphatic rings. The quantitative estimate of drug-likeness (QED) is 0.872. The second-order valence-electron chi connectivity index (χ2n) is 5.47. The molecular formula is C18H18Cl2N2O2. The van der Waals surface area contributed by atoms with E-state index in [1.807, 2.05) is 31.2 Å². The number of carbonyl (C=O) groups is 2. The third-order valence-electron chi connectivity index (χ3n) is 3.47. The Balaban J connectivity index is 2.03. The third-order valence-corrected chi connectivity index (χ3v) is 4.21. The molecule has 4 nitrogen and oxygen atoms in total. The number of hydrogen-bond donors (Lipinski definition) is 1. The van der Waals surface area contributed by atoms with Gasteiger partial charge in [0.2, 0.25) is 11.8 Å². The summed E-state index contributed by atoms with van der Waals surface area (Å²) < 4.78 is 0. The van der Waals surface area contributed by atoms with E-state index < -0.39 is 0 Å². The largest absolute Gasteiger partial charge is 0.350 e. The van der Waals surface area contributed by atoms with Gasteiger partial charge in [-0.2, -0.15) is 0 Å². The first-order valence-corrected chi connectivity index (χ1v) is 8.18. The van der Waals surface area contributed by atoms with Crippen LogP contribution in [-0.2, 0) is 16.1 Å². The Kier molecular flexibility index (Phi) is 6.23. The highest BCUT2D eigenvalue weighted by molar-refractivity contribution is 6.42. The number of benzene rings is 2. The fourth-order valence-electron chi connectivity index (χ4n) is 2.26. The summed E-state index contributed by atoms with van der Waals surface area (Å²) in [6.07, 6.45) is 0. The van der Waals surface area contributed by atoms with E-state index in [9.17, 15) is 9.59 Å². The van der Waals surface area contributed by atoms with Gasteiger partial charge in [0.05, 0.1) is 10.0 Å². The highest BCUT2D eigenvalue weighted by atomic mass is 35.5. The second-order valence-corrected chi connectivity index (χ2v) is 6.28. The van der Waals surface area contributed by atoms with Crippen LogP contribution in [0.1, 0.15) is 18.1 Å². The van der Waals surface area contributed by atoms with Gasteiger partial charge in [-0.05, 0) is 30.7 Å². The lowest BCUT2D eigenvalue weighted by Gasteiger charge is -2.21. The smallest absolute Gasteiger partial charge is 0.240 e. The maximum atomic E-state index is 12.2. The van der Waals surface area contributed by atoms with Gasteiger partial charge in [-0.3, -0.25) is 9.59 Å². The summed E-state index contributed by atoms with van der Waals surface area (Å²) in [6, 6.07) is 12.7. The molecule has 0 aliphatic carbocycles. The van der Waals surface area contributed by atoms with Crippen molar-refractivity contribution < 1.29 is 9.59 Å². The topological polar surface area (TPSA) is 49.4 Å². The van der Waals surface area contributed by atoms with Crippen LogP contribution < -0.4 is 10.2 Å². The number of hydrogen-bond acceptors (Lipinski definition) is 2. The van der Waals surface area contributed by atoms with Crippen molar-refractivity contribution in [3.8, 4) is 0 Å². The van der Waals surface area contributed by atoms with Gasteiger partial charge in [0.1, 0.15) is 6.54 Å². The highest BCUT2D eigenvalue weighted by Gasteiger charge is 2.16. The molecule has 0 unspecified atom stereocenters. The Morgan fingerprint density at radius 3 is 2.46 bits per heavy atom. The first kappa shape index (κ1) is 18.3. The van der Waals surface area contributed by atoms with Crippen molar-refractivity contribution in [1.29, 1.82) is 0 Å². The van der Waals surface area contributed by atoms with Crippen molar-refractivity contribution in [2.45, 2.75) is 20.4 Å². The van der Waals surface area contributed by atoms with Crippen molar-refractivity contribution >= 4 is 40.7 Å². The van der Waals surface area contributed by atoms with Crippen LogP contribution in [0.15, 0.2) is 42.5 Å². The predicted molar refractivity (Wildman–Crippen MR) is 97.5 cm³/mol. The maximum absolute atomic E-state index is 12.2. The lowest BCUT2D eigenvalue weighted by atomic mass is 10.1. The summed E-state index contributed by atoms with van der Waals surface area (Å²) in [5.74, 6) is -0.503. The minimum atomic E-state index is -0.252. The summed E-state index contributed by atoms with van der Waals surface area (Å²) >= 11 is 11.9. The number of rotatable bonds is 5. The number of nitrogens with one attached hydrogen (secondary N) is 1. The molecule has 0 spiro atoms. The van der Waals surface area contributed by atoms with E-state index in [0.717, 1.165) is 11.1 Å². The monoisotopic (exact) mass is 364 g/mol. The fourth-order valence-corrected chi connectivity index (χ4v) is 2.55. The number of halogens is 2. The molecule has 2 amide bonds. The predicted octanol–water partition coefficient (Wildman–Crippen LogP) is 3.97. The van der Waals surface area contributed by atoms with Gasteiger partial charge in [-0.15, -0.1) is 0 Å². The molecule has 2 aromatic carbocycles. The molecule has 2 aromatic rings. The van der Waals surface area contributed by atoms with Gasteiger partial charge >= 0.3 is 0 Å². The molecule has 0 radical (unpaired) electrons. The summed E-state index contributed by atoms with van der Waals surface area (Å²) in [7, 11) is 0. The van der Waals surface area contributed by atoms with Crippen LogP contribution >= 0.6 is 23.2 Å². The van der Waals surface area contributed by atoms with Crippen LogP contribution in [0.2, 0.25) is 10.0 Å². The molecule has 2 rings (SSSR count). The molecule has 0 bridgehead atoms. The molecule has 0 saturated carbocycles. The van der Waals surface area contributed by atoms with Crippen molar-refractivity contribution in [1.82, 2.24) is 5.32 Å². The zero-order valence-electron chi connectivity index (χ0n) is 13.5. The van der Waals surface area contributed by atoms with Gasteiger partial charge < -0.3 is 10.2 Å². The van der Waals surface area contributed by atoms with E-state index in [4.69, 9.17) is 23.2 Å². The van der Waals surface area contributed by atoms with Crippen LogP contribution in [0.4, 0.5) is 5.69 Å². The maximum Gasteiger partial charge on any atom is 0.240 e. The van der Waals surface area contributed by atoms with E-state index in [1.54, 1.807) is 18.2 Å². The zero-order valence-corrected chi connectivity index (χ0v) is 15.0. The minimum absolute atomic E-state index is 0.0842. The van der Waals surface area contributed by atoms with Crippen LogP contribution in [0, 0.1) is 6.92 Å². The summed E-state index contributed by atoms with van der Waals surface area (Å²) in [5.41, 5.74) is 2.66. The number of aryl methyl sites for hydroxylation is 1. The first-order valence-electron chi connectivity index (χ1n) is 7.42. The molecule has 0 aliphatic heterocycles. The van der Waals surface area contributed by atoms with Crippen LogP contribution in [0.5, 0.6) is 0 Å².